The molecule has 0 N–H and O–H groups in total. The largest absolute Gasteiger partial charge is 0.460 e. The molecule has 0 aliphatic carbocycles. The highest BCUT2D eigenvalue weighted by Gasteiger charge is 2.31. The number of rotatable bonds is 5. The maximum Gasteiger partial charge on any atom is 0.379 e. The molecular formula is C15H15NO4. The molecule has 2 rings (SSSR count). The van der Waals surface area contributed by atoms with E-state index in [1.54, 1.807) is 11.8 Å². The van der Waals surface area contributed by atoms with Gasteiger partial charge in [-0.2, -0.15) is 0 Å². The minimum Gasteiger partial charge on any atom is -0.460 e. The van der Waals surface area contributed by atoms with Crippen molar-refractivity contribution in [3.05, 3.63) is 47.7 Å². The fourth-order valence-corrected chi connectivity index (χ4v) is 1.98. The Balaban J connectivity index is 2.07. The summed E-state index contributed by atoms with van der Waals surface area (Å²) >= 11 is 0. The Morgan fingerprint density at radius 3 is 2.60 bits per heavy atom. The molecule has 0 aromatic heterocycles. The molecule has 104 valence electrons. The fourth-order valence-electron chi connectivity index (χ4n) is 1.98. The van der Waals surface area contributed by atoms with Gasteiger partial charge in [0, 0.05) is 12.7 Å². The summed E-state index contributed by atoms with van der Waals surface area (Å²) in [6.07, 6.45) is 1.44. The highest BCUT2D eigenvalue weighted by Crippen LogP contribution is 2.15. The van der Waals surface area contributed by atoms with Crippen LogP contribution in [0.5, 0.6) is 0 Å². The molecule has 0 saturated carbocycles. The van der Waals surface area contributed by atoms with Crippen molar-refractivity contribution in [2.75, 3.05) is 13.2 Å². The lowest BCUT2D eigenvalue weighted by atomic mass is 10.1. The molecule has 0 fully saturated rings. The molecule has 0 amide bonds. The Hall–Kier alpha value is -2.43. The number of hydrogen-bond acceptors (Lipinski definition) is 5. The van der Waals surface area contributed by atoms with Crippen LogP contribution in [0.3, 0.4) is 0 Å². The van der Waals surface area contributed by atoms with Crippen LogP contribution in [0.2, 0.25) is 0 Å². The fraction of sp³-hybridized carbons (Fsp3) is 0.267. The van der Waals surface area contributed by atoms with Gasteiger partial charge in [0.05, 0.1) is 18.7 Å². The molecule has 1 aromatic rings. The molecule has 5 nitrogen and oxygen atoms in total. The van der Waals surface area contributed by atoms with E-state index in [0.717, 1.165) is 5.56 Å². The molecule has 0 bridgehead atoms. The van der Waals surface area contributed by atoms with E-state index in [9.17, 15) is 14.4 Å². The van der Waals surface area contributed by atoms with Crippen molar-refractivity contribution >= 4 is 17.5 Å². The summed E-state index contributed by atoms with van der Waals surface area (Å²) in [4.78, 5) is 36.6. The lowest BCUT2D eigenvalue weighted by Crippen LogP contribution is -2.23. The monoisotopic (exact) mass is 273 g/mol. The molecule has 0 unspecified atom stereocenters. The quantitative estimate of drug-likeness (QED) is 0.456. The third-order valence-electron chi connectivity index (χ3n) is 2.89. The van der Waals surface area contributed by atoms with Crippen LogP contribution in [0.25, 0.3) is 0 Å². The van der Waals surface area contributed by atoms with E-state index in [4.69, 9.17) is 0 Å². The van der Waals surface area contributed by atoms with Gasteiger partial charge in [-0.1, -0.05) is 30.3 Å². The van der Waals surface area contributed by atoms with Crippen molar-refractivity contribution in [3.63, 3.8) is 0 Å². The van der Waals surface area contributed by atoms with E-state index < -0.39 is 11.8 Å². The maximum absolute atomic E-state index is 11.8. The zero-order valence-electron chi connectivity index (χ0n) is 11.2. The predicted octanol–water partition coefficient (Wildman–Crippen LogP) is 1.09. The van der Waals surface area contributed by atoms with Crippen LogP contribution in [-0.4, -0.2) is 35.6 Å². The molecule has 1 aliphatic heterocycles. The maximum atomic E-state index is 11.8. The van der Waals surface area contributed by atoms with Crippen LogP contribution < -0.4 is 0 Å². The number of esters is 1. The zero-order valence-corrected chi connectivity index (χ0v) is 11.2. The first kappa shape index (κ1) is 14.0. The van der Waals surface area contributed by atoms with Crippen LogP contribution in [-0.2, 0) is 25.7 Å². The topological polar surface area (TPSA) is 63.7 Å². The van der Waals surface area contributed by atoms with Gasteiger partial charge in [0.25, 0.3) is 5.78 Å². The van der Waals surface area contributed by atoms with Crippen LogP contribution in [0, 0.1) is 0 Å². The van der Waals surface area contributed by atoms with Crippen LogP contribution >= 0.6 is 0 Å². The first-order chi connectivity index (χ1) is 9.61. The summed E-state index contributed by atoms with van der Waals surface area (Å²) < 4.78 is 4.62. The van der Waals surface area contributed by atoms with Gasteiger partial charge < -0.3 is 9.64 Å². The van der Waals surface area contributed by atoms with Crippen molar-refractivity contribution in [2.24, 2.45) is 0 Å². The summed E-state index contributed by atoms with van der Waals surface area (Å²) in [6, 6.07) is 9.58. The molecule has 0 saturated heterocycles. The summed E-state index contributed by atoms with van der Waals surface area (Å²) in [5.41, 5.74) is 0.931. The summed E-state index contributed by atoms with van der Waals surface area (Å²) in [5.74, 6) is -2.19. The molecule has 0 radical (unpaired) electrons. The Kier molecular flexibility index (Phi) is 4.30. The first-order valence-corrected chi connectivity index (χ1v) is 6.36. The van der Waals surface area contributed by atoms with Crippen LogP contribution in [0.1, 0.15) is 12.5 Å². The van der Waals surface area contributed by atoms with Gasteiger partial charge in [0.1, 0.15) is 0 Å². The van der Waals surface area contributed by atoms with Crippen molar-refractivity contribution in [1.29, 1.82) is 0 Å². The van der Waals surface area contributed by atoms with Gasteiger partial charge in [0.15, 0.2) is 5.78 Å². The van der Waals surface area contributed by atoms with Crippen LogP contribution in [0.4, 0.5) is 0 Å². The standard InChI is InChI=1S/C15H15NO4/c1-2-20-15(19)14(18)12-9-16(10-13(12)17)8-11-6-4-3-5-7-11/h3-7,9H,2,8,10H2,1H3. The molecule has 1 aromatic carbocycles. The van der Waals surface area contributed by atoms with Gasteiger partial charge >= 0.3 is 5.97 Å². The molecule has 5 heteroatoms. The Morgan fingerprint density at radius 1 is 1.25 bits per heavy atom. The average molecular weight is 273 g/mol. The number of Topliss-reactive ketones (excluding diaryl/α,β-unsaturated/α-hetero) is 2. The Labute approximate surface area is 116 Å². The van der Waals surface area contributed by atoms with Gasteiger partial charge in [-0.15, -0.1) is 0 Å². The van der Waals surface area contributed by atoms with Gasteiger partial charge in [-0.25, -0.2) is 4.79 Å². The number of ketones is 2. The second-order valence-electron chi connectivity index (χ2n) is 4.41. The molecule has 20 heavy (non-hydrogen) atoms. The van der Waals surface area contributed by atoms with E-state index in [1.165, 1.54) is 6.20 Å². The minimum absolute atomic E-state index is 0.0978. The van der Waals surface area contributed by atoms with E-state index in [2.05, 4.69) is 4.74 Å². The molecule has 0 spiro atoms. The minimum atomic E-state index is -0.978. The van der Waals surface area contributed by atoms with Crippen molar-refractivity contribution in [1.82, 2.24) is 4.90 Å². The summed E-state index contributed by atoms with van der Waals surface area (Å²) in [6.45, 7) is 2.35. The molecule has 1 heterocycles. The first-order valence-electron chi connectivity index (χ1n) is 6.36. The SMILES string of the molecule is CCOC(=O)C(=O)C1=CN(Cc2ccccc2)CC1=O. The molecular weight excluding hydrogens is 258 g/mol. The number of carbonyl (C=O) groups is 3. The smallest absolute Gasteiger partial charge is 0.379 e. The van der Waals surface area contributed by atoms with Crippen LogP contribution in [0.15, 0.2) is 42.1 Å². The second-order valence-corrected chi connectivity index (χ2v) is 4.41. The second kappa shape index (κ2) is 6.14. The number of nitrogens with zero attached hydrogens (tertiary/aromatic N) is 1. The van der Waals surface area contributed by atoms with E-state index >= 15 is 0 Å². The number of carbonyl (C=O) groups excluding carboxylic acids is 3. The van der Waals surface area contributed by atoms with E-state index in [-0.39, 0.29) is 24.5 Å². The van der Waals surface area contributed by atoms with Crippen molar-refractivity contribution < 1.29 is 19.1 Å². The summed E-state index contributed by atoms with van der Waals surface area (Å²) in [5, 5.41) is 0. The highest BCUT2D eigenvalue weighted by molar-refractivity contribution is 6.47. The number of hydrogen-bond donors (Lipinski definition) is 0. The van der Waals surface area contributed by atoms with E-state index in [0.29, 0.717) is 6.54 Å². The molecule has 1 aliphatic rings. The lowest BCUT2D eigenvalue weighted by Gasteiger charge is -2.13. The predicted molar refractivity (Wildman–Crippen MR) is 71.6 cm³/mol. The molecule has 0 atom stereocenters. The lowest BCUT2D eigenvalue weighted by molar-refractivity contribution is -0.152. The average Bonchev–Trinajstić information content (AvgIpc) is 2.80. The van der Waals surface area contributed by atoms with E-state index in [1.807, 2.05) is 30.3 Å². The third kappa shape index (κ3) is 3.12. The number of benzene rings is 1. The number of ether oxygens (including phenoxy) is 1. The van der Waals surface area contributed by atoms with Crippen molar-refractivity contribution in [2.45, 2.75) is 13.5 Å². The third-order valence-corrected chi connectivity index (χ3v) is 2.89. The highest BCUT2D eigenvalue weighted by atomic mass is 16.5. The van der Waals surface area contributed by atoms with Crippen molar-refractivity contribution in [3.8, 4) is 0 Å². The Morgan fingerprint density at radius 2 is 1.95 bits per heavy atom. The normalized spacial score (nSPS) is 14.2. The van der Waals surface area contributed by atoms with Gasteiger partial charge in [0.2, 0.25) is 0 Å². The van der Waals surface area contributed by atoms with Gasteiger partial charge in [-0.3, -0.25) is 9.59 Å². The summed E-state index contributed by atoms with van der Waals surface area (Å²) in [7, 11) is 0. The zero-order chi connectivity index (χ0) is 14.5. The Bertz CT molecular complexity index is 562. The van der Waals surface area contributed by atoms with Gasteiger partial charge in [-0.05, 0) is 12.5 Å².